The number of hydrogen-bond donors (Lipinski definition) is 1. The third-order valence-corrected chi connectivity index (χ3v) is 3.03. The van der Waals surface area contributed by atoms with Gasteiger partial charge in [-0.15, -0.1) is 0 Å². The molecule has 84 valence electrons. The molecule has 1 aliphatic heterocycles. The van der Waals surface area contributed by atoms with E-state index in [0.717, 1.165) is 36.4 Å². The molecule has 1 fully saturated rings. The highest BCUT2D eigenvalue weighted by Crippen LogP contribution is 2.25. The van der Waals surface area contributed by atoms with E-state index >= 15 is 0 Å². The lowest BCUT2D eigenvalue weighted by Gasteiger charge is -2.32. The Kier molecular flexibility index (Phi) is 2.29. The van der Waals surface area contributed by atoms with Gasteiger partial charge < -0.3 is 14.6 Å². The topological polar surface area (TPSA) is 41.3 Å². The van der Waals surface area contributed by atoms with Crippen LogP contribution in [-0.2, 0) is 0 Å². The maximum Gasteiger partial charge on any atom is 0.139 e. The van der Waals surface area contributed by atoms with Gasteiger partial charge in [0, 0.05) is 31.9 Å². The highest BCUT2D eigenvalue weighted by Gasteiger charge is 2.19. The Morgan fingerprint density at radius 1 is 1.50 bits per heavy atom. The van der Waals surface area contributed by atoms with Crippen molar-refractivity contribution < 1.29 is 4.42 Å². The van der Waals surface area contributed by atoms with Crippen LogP contribution in [0.3, 0.4) is 0 Å². The van der Waals surface area contributed by atoms with Crippen molar-refractivity contribution in [1.82, 2.24) is 10.3 Å². The molecule has 1 saturated heterocycles. The first-order valence-corrected chi connectivity index (χ1v) is 5.65. The summed E-state index contributed by atoms with van der Waals surface area (Å²) in [6.07, 6.45) is 3.54. The monoisotopic (exact) mass is 217 g/mol. The first kappa shape index (κ1) is 9.66. The molecule has 0 saturated carbocycles. The zero-order chi connectivity index (χ0) is 11.0. The maximum atomic E-state index is 5.39. The number of nitrogens with zero attached hydrogens (tertiary/aromatic N) is 2. The van der Waals surface area contributed by atoms with E-state index in [1.165, 1.54) is 0 Å². The lowest BCUT2D eigenvalue weighted by molar-refractivity contribution is 0.483. The zero-order valence-electron chi connectivity index (χ0n) is 9.31. The van der Waals surface area contributed by atoms with Crippen molar-refractivity contribution in [2.45, 2.75) is 13.0 Å². The molecule has 0 aliphatic carbocycles. The summed E-state index contributed by atoms with van der Waals surface area (Å²) >= 11 is 0. The van der Waals surface area contributed by atoms with Crippen LogP contribution in [0.15, 0.2) is 29.0 Å². The van der Waals surface area contributed by atoms with Gasteiger partial charge in [-0.25, -0.2) is 4.98 Å². The van der Waals surface area contributed by atoms with Crippen molar-refractivity contribution in [3.05, 3.63) is 24.6 Å². The summed E-state index contributed by atoms with van der Waals surface area (Å²) < 4.78 is 5.39. The minimum absolute atomic E-state index is 0.512. The molecule has 0 amide bonds. The van der Waals surface area contributed by atoms with Crippen LogP contribution in [0.25, 0.3) is 11.0 Å². The van der Waals surface area contributed by atoms with Crippen molar-refractivity contribution in [2.75, 3.05) is 24.5 Å². The first-order valence-electron chi connectivity index (χ1n) is 5.65. The van der Waals surface area contributed by atoms with Gasteiger partial charge in [0.2, 0.25) is 0 Å². The van der Waals surface area contributed by atoms with Crippen molar-refractivity contribution >= 4 is 16.8 Å². The van der Waals surface area contributed by atoms with E-state index in [2.05, 4.69) is 22.1 Å². The molecule has 0 spiro atoms. The highest BCUT2D eigenvalue weighted by atomic mass is 16.3. The third kappa shape index (κ3) is 1.55. The number of anilines is 1. The second-order valence-electron chi connectivity index (χ2n) is 4.27. The van der Waals surface area contributed by atoms with Gasteiger partial charge in [0.1, 0.15) is 11.4 Å². The Hall–Kier alpha value is -1.55. The number of nitrogens with one attached hydrogen (secondary N) is 1. The molecule has 0 aromatic carbocycles. The average molecular weight is 217 g/mol. The van der Waals surface area contributed by atoms with E-state index in [4.69, 9.17) is 4.42 Å². The molecule has 3 rings (SSSR count). The standard InChI is InChI=1S/C12H15N3O/c1-9-8-15(6-5-13-9)12-10-3-7-16-11(10)2-4-14-12/h2-4,7,9,13H,5-6,8H2,1H3. The molecule has 2 aromatic rings. The Balaban J connectivity index is 2.01. The van der Waals surface area contributed by atoms with Crippen LogP contribution in [0.4, 0.5) is 5.82 Å². The third-order valence-electron chi connectivity index (χ3n) is 3.03. The van der Waals surface area contributed by atoms with E-state index in [0.29, 0.717) is 6.04 Å². The van der Waals surface area contributed by atoms with Crippen molar-refractivity contribution in [1.29, 1.82) is 0 Å². The second-order valence-corrected chi connectivity index (χ2v) is 4.27. The fourth-order valence-corrected chi connectivity index (χ4v) is 2.26. The zero-order valence-corrected chi connectivity index (χ0v) is 9.31. The number of piperazine rings is 1. The smallest absolute Gasteiger partial charge is 0.139 e. The normalized spacial score (nSPS) is 21.6. The maximum absolute atomic E-state index is 5.39. The van der Waals surface area contributed by atoms with E-state index < -0.39 is 0 Å². The summed E-state index contributed by atoms with van der Waals surface area (Å²) in [6.45, 7) is 5.21. The van der Waals surface area contributed by atoms with Crippen LogP contribution >= 0.6 is 0 Å². The van der Waals surface area contributed by atoms with Gasteiger partial charge in [0.05, 0.1) is 11.6 Å². The second kappa shape index (κ2) is 3.79. The molecule has 4 nitrogen and oxygen atoms in total. The molecule has 3 heterocycles. The van der Waals surface area contributed by atoms with Gasteiger partial charge >= 0.3 is 0 Å². The molecule has 0 bridgehead atoms. The summed E-state index contributed by atoms with van der Waals surface area (Å²) in [5, 5.41) is 4.54. The predicted molar refractivity (Wildman–Crippen MR) is 63.7 cm³/mol. The van der Waals surface area contributed by atoms with E-state index in [-0.39, 0.29) is 0 Å². The minimum Gasteiger partial charge on any atom is -0.464 e. The fourth-order valence-electron chi connectivity index (χ4n) is 2.26. The Bertz CT molecular complexity index is 494. The molecular weight excluding hydrogens is 202 g/mol. The number of hydrogen-bond acceptors (Lipinski definition) is 4. The lowest BCUT2D eigenvalue weighted by Crippen LogP contribution is -2.49. The Labute approximate surface area is 94.3 Å². The van der Waals surface area contributed by atoms with E-state index in [1.807, 2.05) is 18.3 Å². The first-order chi connectivity index (χ1) is 7.84. The number of furan rings is 1. The highest BCUT2D eigenvalue weighted by molar-refractivity contribution is 5.88. The summed E-state index contributed by atoms with van der Waals surface area (Å²) in [4.78, 5) is 6.79. The van der Waals surface area contributed by atoms with Crippen molar-refractivity contribution in [3.63, 3.8) is 0 Å². The van der Waals surface area contributed by atoms with Crippen LogP contribution in [0.5, 0.6) is 0 Å². The van der Waals surface area contributed by atoms with Gasteiger partial charge in [0.25, 0.3) is 0 Å². The predicted octanol–water partition coefficient (Wildman–Crippen LogP) is 1.63. The van der Waals surface area contributed by atoms with Gasteiger partial charge in [-0.2, -0.15) is 0 Å². The molecular formula is C12H15N3O. The van der Waals surface area contributed by atoms with Crippen LogP contribution in [-0.4, -0.2) is 30.7 Å². The minimum atomic E-state index is 0.512. The number of pyridine rings is 1. The van der Waals surface area contributed by atoms with Gasteiger partial charge in [-0.3, -0.25) is 0 Å². The van der Waals surface area contributed by atoms with Gasteiger partial charge in [0.15, 0.2) is 0 Å². The van der Waals surface area contributed by atoms with Crippen molar-refractivity contribution in [2.24, 2.45) is 0 Å². The molecule has 1 unspecified atom stereocenters. The Morgan fingerprint density at radius 3 is 3.31 bits per heavy atom. The number of aromatic nitrogens is 1. The summed E-state index contributed by atoms with van der Waals surface area (Å²) in [6, 6.07) is 4.41. The molecule has 1 atom stereocenters. The fraction of sp³-hybridized carbons (Fsp3) is 0.417. The molecule has 4 heteroatoms. The number of rotatable bonds is 1. The molecule has 1 aliphatic rings. The SMILES string of the molecule is CC1CN(c2nccc3occc23)CCN1. The van der Waals surface area contributed by atoms with E-state index in [9.17, 15) is 0 Å². The van der Waals surface area contributed by atoms with Crippen LogP contribution in [0, 0.1) is 0 Å². The quantitative estimate of drug-likeness (QED) is 0.788. The van der Waals surface area contributed by atoms with Gasteiger partial charge in [-0.1, -0.05) is 0 Å². The summed E-state index contributed by atoms with van der Waals surface area (Å²) in [5.74, 6) is 1.04. The average Bonchev–Trinajstić information content (AvgIpc) is 2.76. The molecule has 1 N–H and O–H groups in total. The van der Waals surface area contributed by atoms with Crippen molar-refractivity contribution in [3.8, 4) is 0 Å². The van der Waals surface area contributed by atoms with E-state index in [1.54, 1.807) is 6.26 Å². The lowest BCUT2D eigenvalue weighted by atomic mass is 10.2. The van der Waals surface area contributed by atoms with Crippen LogP contribution in [0.1, 0.15) is 6.92 Å². The molecule has 2 aromatic heterocycles. The Morgan fingerprint density at radius 2 is 2.44 bits per heavy atom. The number of fused-ring (bicyclic) bond motifs is 1. The summed E-state index contributed by atoms with van der Waals surface area (Å²) in [5.41, 5.74) is 0.913. The van der Waals surface area contributed by atoms with Crippen LogP contribution < -0.4 is 10.2 Å². The van der Waals surface area contributed by atoms with Crippen LogP contribution in [0.2, 0.25) is 0 Å². The molecule has 0 radical (unpaired) electrons. The summed E-state index contributed by atoms with van der Waals surface area (Å²) in [7, 11) is 0. The largest absolute Gasteiger partial charge is 0.464 e. The van der Waals surface area contributed by atoms with Gasteiger partial charge in [-0.05, 0) is 19.1 Å². The molecule has 16 heavy (non-hydrogen) atoms.